The van der Waals surface area contributed by atoms with Gasteiger partial charge in [0, 0.05) is 12.5 Å². The Bertz CT molecular complexity index is 179. The minimum atomic E-state index is -1.07. The molecule has 1 saturated heterocycles. The van der Waals surface area contributed by atoms with Crippen molar-refractivity contribution in [3.63, 3.8) is 0 Å². The lowest BCUT2D eigenvalue weighted by Crippen LogP contribution is -2.36. The summed E-state index contributed by atoms with van der Waals surface area (Å²) in [4.78, 5) is 10.4. The Balaban J connectivity index is 2.30. The molecule has 0 spiro atoms. The predicted molar refractivity (Wildman–Crippen MR) is 45.2 cm³/mol. The largest absolute Gasteiger partial charge is 0.480 e. The van der Waals surface area contributed by atoms with E-state index in [2.05, 4.69) is 0 Å². The Hall–Kier alpha value is -0.650. The Morgan fingerprint density at radius 3 is 2.85 bits per heavy atom. The van der Waals surface area contributed by atoms with Crippen molar-refractivity contribution in [1.82, 2.24) is 0 Å². The Morgan fingerprint density at radius 1 is 1.69 bits per heavy atom. The number of carbonyl (C=O) groups is 1. The fourth-order valence-corrected chi connectivity index (χ4v) is 1.41. The third-order valence-corrected chi connectivity index (χ3v) is 2.32. The maximum atomic E-state index is 10.4. The van der Waals surface area contributed by atoms with Crippen LogP contribution in [0, 0.1) is 5.92 Å². The van der Waals surface area contributed by atoms with E-state index in [0.717, 1.165) is 6.42 Å². The molecule has 1 aliphatic heterocycles. The summed E-state index contributed by atoms with van der Waals surface area (Å²) in [6.45, 7) is 1.15. The van der Waals surface area contributed by atoms with Gasteiger partial charge in [0.05, 0.1) is 12.7 Å². The number of carboxylic acids is 1. The van der Waals surface area contributed by atoms with Crippen LogP contribution in [-0.2, 0) is 9.53 Å². The van der Waals surface area contributed by atoms with Gasteiger partial charge in [0.25, 0.3) is 0 Å². The molecule has 0 radical (unpaired) electrons. The number of nitrogens with two attached hydrogens (primary N) is 1. The first kappa shape index (κ1) is 10.4. The van der Waals surface area contributed by atoms with Gasteiger partial charge in [-0.05, 0) is 12.8 Å². The van der Waals surface area contributed by atoms with Crippen molar-refractivity contribution in [3.8, 4) is 0 Å². The molecule has 1 heterocycles. The molecule has 1 rings (SSSR count). The first-order chi connectivity index (χ1) is 6.11. The normalized spacial score (nSPS) is 27.1. The van der Waals surface area contributed by atoms with Crippen LogP contribution in [0.25, 0.3) is 0 Å². The van der Waals surface area contributed by atoms with E-state index in [-0.39, 0.29) is 12.3 Å². The average molecular weight is 189 g/mol. The zero-order valence-corrected chi connectivity index (χ0v) is 7.35. The van der Waals surface area contributed by atoms with Crippen LogP contribution < -0.4 is 5.73 Å². The summed E-state index contributed by atoms with van der Waals surface area (Å²) in [6, 6.07) is -0.976. The van der Waals surface area contributed by atoms with Crippen molar-refractivity contribution in [2.75, 3.05) is 13.2 Å². The van der Waals surface area contributed by atoms with Crippen molar-refractivity contribution >= 4 is 5.97 Å². The first-order valence-corrected chi connectivity index (χ1v) is 4.35. The van der Waals surface area contributed by atoms with Gasteiger partial charge in [-0.25, -0.2) is 0 Å². The van der Waals surface area contributed by atoms with Gasteiger partial charge in [-0.1, -0.05) is 0 Å². The molecule has 76 valence electrons. The van der Waals surface area contributed by atoms with Gasteiger partial charge in [-0.3, -0.25) is 4.79 Å². The number of aliphatic hydroxyl groups excluding tert-OH is 1. The van der Waals surface area contributed by atoms with Gasteiger partial charge < -0.3 is 20.7 Å². The molecule has 1 fully saturated rings. The highest BCUT2D eigenvalue weighted by atomic mass is 16.5. The zero-order chi connectivity index (χ0) is 9.84. The molecule has 4 N–H and O–H groups in total. The second kappa shape index (κ2) is 4.55. The van der Waals surface area contributed by atoms with E-state index in [0.29, 0.717) is 13.2 Å². The van der Waals surface area contributed by atoms with Crippen LogP contribution in [0.4, 0.5) is 0 Å². The summed E-state index contributed by atoms with van der Waals surface area (Å²) < 4.78 is 5.07. The molecular weight excluding hydrogens is 174 g/mol. The van der Waals surface area contributed by atoms with Gasteiger partial charge in [0.15, 0.2) is 0 Å². The number of aliphatic hydroxyl groups is 1. The van der Waals surface area contributed by atoms with Crippen LogP contribution in [0.5, 0.6) is 0 Å². The monoisotopic (exact) mass is 189 g/mol. The highest BCUT2D eigenvalue weighted by molar-refractivity contribution is 5.73. The fourth-order valence-electron chi connectivity index (χ4n) is 1.41. The van der Waals surface area contributed by atoms with Crippen molar-refractivity contribution < 1.29 is 19.7 Å². The number of aliphatic carboxylic acids is 1. The molecule has 0 aromatic heterocycles. The predicted octanol–water partition coefficient (Wildman–Crippen LogP) is -0.814. The van der Waals surface area contributed by atoms with Crippen LogP contribution in [0.15, 0.2) is 0 Å². The quantitative estimate of drug-likeness (QED) is 0.537. The smallest absolute Gasteiger partial charge is 0.320 e. The molecule has 0 aliphatic carbocycles. The molecule has 3 atom stereocenters. The van der Waals surface area contributed by atoms with Crippen LogP contribution in [-0.4, -0.2) is 41.5 Å². The summed E-state index contributed by atoms with van der Waals surface area (Å²) >= 11 is 0. The van der Waals surface area contributed by atoms with Gasteiger partial charge in [0.1, 0.15) is 6.04 Å². The van der Waals surface area contributed by atoms with Gasteiger partial charge >= 0.3 is 5.97 Å². The summed E-state index contributed by atoms with van der Waals surface area (Å²) in [5.41, 5.74) is 5.28. The van der Waals surface area contributed by atoms with E-state index in [4.69, 9.17) is 15.6 Å². The maximum absolute atomic E-state index is 10.4. The lowest BCUT2D eigenvalue weighted by Gasteiger charge is -2.17. The third-order valence-electron chi connectivity index (χ3n) is 2.32. The number of carboxylic acid groups (broad SMARTS) is 1. The molecule has 0 aromatic carbocycles. The maximum Gasteiger partial charge on any atom is 0.320 e. The Morgan fingerprint density at radius 2 is 2.38 bits per heavy atom. The molecule has 5 heteroatoms. The second-order valence-electron chi connectivity index (χ2n) is 3.37. The molecule has 0 amide bonds. The van der Waals surface area contributed by atoms with Crippen molar-refractivity contribution in [2.24, 2.45) is 11.7 Å². The van der Waals surface area contributed by atoms with E-state index in [1.54, 1.807) is 0 Å². The SMILES string of the molecule is NC(CC(O)C1CCOC1)C(=O)O. The van der Waals surface area contributed by atoms with Crippen molar-refractivity contribution in [3.05, 3.63) is 0 Å². The van der Waals surface area contributed by atoms with Crippen LogP contribution >= 0.6 is 0 Å². The number of ether oxygens (including phenoxy) is 1. The molecule has 3 unspecified atom stereocenters. The summed E-state index contributed by atoms with van der Waals surface area (Å²) in [7, 11) is 0. The molecule has 0 saturated carbocycles. The topological polar surface area (TPSA) is 92.8 Å². The average Bonchev–Trinajstić information content (AvgIpc) is 2.55. The zero-order valence-electron chi connectivity index (χ0n) is 7.35. The minimum Gasteiger partial charge on any atom is -0.480 e. The molecule has 1 aliphatic rings. The lowest BCUT2D eigenvalue weighted by molar-refractivity contribution is -0.139. The highest BCUT2D eigenvalue weighted by Crippen LogP contribution is 2.19. The van der Waals surface area contributed by atoms with Crippen LogP contribution in [0.3, 0.4) is 0 Å². The van der Waals surface area contributed by atoms with Gasteiger partial charge in [0.2, 0.25) is 0 Å². The molecule has 5 nitrogen and oxygen atoms in total. The Labute approximate surface area is 76.5 Å². The summed E-state index contributed by atoms with van der Waals surface area (Å²) in [5.74, 6) is -1.02. The number of rotatable bonds is 4. The Kier molecular flexibility index (Phi) is 3.65. The van der Waals surface area contributed by atoms with E-state index in [1.165, 1.54) is 0 Å². The summed E-state index contributed by atoms with van der Waals surface area (Å²) in [6.07, 6.45) is 0.227. The van der Waals surface area contributed by atoms with E-state index in [1.807, 2.05) is 0 Å². The molecule has 0 bridgehead atoms. The van der Waals surface area contributed by atoms with E-state index < -0.39 is 18.1 Å². The molecular formula is C8H15NO4. The van der Waals surface area contributed by atoms with Crippen molar-refractivity contribution in [1.29, 1.82) is 0 Å². The number of hydrogen-bond acceptors (Lipinski definition) is 4. The van der Waals surface area contributed by atoms with Gasteiger partial charge in [-0.15, -0.1) is 0 Å². The first-order valence-electron chi connectivity index (χ1n) is 4.35. The van der Waals surface area contributed by atoms with Crippen LogP contribution in [0.1, 0.15) is 12.8 Å². The third kappa shape index (κ3) is 2.95. The lowest BCUT2D eigenvalue weighted by atomic mass is 9.96. The van der Waals surface area contributed by atoms with Crippen LogP contribution in [0.2, 0.25) is 0 Å². The second-order valence-corrected chi connectivity index (χ2v) is 3.37. The molecule has 0 aromatic rings. The highest BCUT2D eigenvalue weighted by Gasteiger charge is 2.27. The summed E-state index contributed by atoms with van der Waals surface area (Å²) in [5, 5.41) is 18.1. The van der Waals surface area contributed by atoms with Crippen molar-refractivity contribution in [2.45, 2.75) is 25.0 Å². The van der Waals surface area contributed by atoms with Gasteiger partial charge in [-0.2, -0.15) is 0 Å². The minimum absolute atomic E-state index is 0.0467. The van der Waals surface area contributed by atoms with E-state index in [9.17, 15) is 9.90 Å². The standard InChI is InChI=1S/C8H15NO4/c9-6(8(11)12)3-7(10)5-1-2-13-4-5/h5-7,10H,1-4,9H2,(H,11,12). The number of hydrogen-bond donors (Lipinski definition) is 3. The fraction of sp³-hybridized carbons (Fsp3) is 0.875. The molecule has 13 heavy (non-hydrogen) atoms. The van der Waals surface area contributed by atoms with E-state index >= 15 is 0 Å².